The van der Waals surface area contributed by atoms with Gasteiger partial charge in [0.2, 0.25) is 11.8 Å². The van der Waals surface area contributed by atoms with E-state index in [9.17, 15) is 19.2 Å². The van der Waals surface area contributed by atoms with Crippen LogP contribution in [0.15, 0.2) is 86.0 Å². The fourth-order valence-electron chi connectivity index (χ4n) is 9.35. The van der Waals surface area contributed by atoms with Crippen LogP contribution in [-0.2, 0) is 9.59 Å². The van der Waals surface area contributed by atoms with Crippen molar-refractivity contribution in [2.24, 2.45) is 0 Å². The minimum Gasteiger partial charge on any atom is -0.496 e. The summed E-state index contributed by atoms with van der Waals surface area (Å²) in [7, 11) is 6.83. The number of fused-ring (bicyclic) bond motifs is 4. The van der Waals surface area contributed by atoms with Gasteiger partial charge in [-0.2, -0.15) is 20.4 Å². The first kappa shape index (κ1) is 45.3. The molecule has 2 aliphatic rings. The second-order valence-corrected chi connectivity index (χ2v) is 17.4. The van der Waals surface area contributed by atoms with Gasteiger partial charge in [-0.25, -0.2) is 19.0 Å². The van der Waals surface area contributed by atoms with Crippen molar-refractivity contribution in [3.63, 3.8) is 0 Å². The number of nitrogens with one attached hydrogen (secondary N) is 2. The molecule has 0 atom stereocenters. The molecule has 0 saturated heterocycles. The highest BCUT2D eigenvalue weighted by molar-refractivity contribution is 6.10. The van der Waals surface area contributed by atoms with Gasteiger partial charge in [-0.05, 0) is 75.6 Å². The van der Waals surface area contributed by atoms with Crippen LogP contribution in [0.1, 0.15) is 98.0 Å². The molecule has 68 heavy (non-hydrogen) atoms. The Morgan fingerprint density at radius 2 is 1.00 bits per heavy atom. The Hall–Kier alpha value is -7.90. The Morgan fingerprint density at radius 3 is 1.37 bits per heavy atom. The molecule has 2 fully saturated rings. The van der Waals surface area contributed by atoms with Crippen LogP contribution < -0.4 is 20.1 Å². The largest absolute Gasteiger partial charge is 0.496 e. The van der Waals surface area contributed by atoms with Gasteiger partial charge in [-0.15, -0.1) is 0 Å². The molecule has 4 amide bonds. The van der Waals surface area contributed by atoms with E-state index < -0.39 is 0 Å². The molecular weight excluding hydrogens is 869 g/mol. The number of carbonyl (C=O) groups excluding carboxylic acids is 4. The number of hydrogen-bond donors (Lipinski definition) is 2. The zero-order valence-corrected chi connectivity index (χ0v) is 38.9. The number of rotatable bonds is 10. The molecule has 20 heteroatoms. The van der Waals surface area contributed by atoms with Crippen molar-refractivity contribution in [1.29, 1.82) is 0 Å². The topological polar surface area (TPSA) is 213 Å². The van der Waals surface area contributed by atoms with E-state index in [0.29, 0.717) is 45.3 Å². The van der Waals surface area contributed by atoms with Crippen LogP contribution in [0.4, 0.5) is 11.4 Å². The number of amides is 4. The number of aromatic nitrogens is 10. The fraction of sp³-hybridized carbons (Fsp3) is 0.375. The summed E-state index contributed by atoms with van der Waals surface area (Å²) < 4.78 is 18.2. The van der Waals surface area contributed by atoms with E-state index in [1.165, 1.54) is 0 Å². The third-order valence-electron chi connectivity index (χ3n) is 13.4. The molecule has 0 spiro atoms. The van der Waals surface area contributed by atoms with Gasteiger partial charge in [0, 0.05) is 100 Å². The van der Waals surface area contributed by atoms with Gasteiger partial charge in [0.05, 0.1) is 60.9 Å². The van der Waals surface area contributed by atoms with E-state index in [-0.39, 0.29) is 47.8 Å². The van der Waals surface area contributed by atoms with Crippen molar-refractivity contribution in [3.8, 4) is 11.5 Å². The number of nitrogens with zero attached hydrogens (tertiary/aromatic N) is 12. The van der Waals surface area contributed by atoms with E-state index in [1.54, 1.807) is 111 Å². The van der Waals surface area contributed by atoms with Gasteiger partial charge in [-0.3, -0.25) is 28.5 Å². The van der Waals surface area contributed by atoms with Gasteiger partial charge in [0.25, 0.3) is 11.8 Å². The summed E-state index contributed by atoms with van der Waals surface area (Å²) in [6, 6.07) is 11.8. The van der Waals surface area contributed by atoms with Crippen LogP contribution in [0.5, 0.6) is 11.5 Å². The molecule has 352 valence electrons. The predicted molar refractivity (Wildman–Crippen MR) is 254 cm³/mol. The zero-order valence-electron chi connectivity index (χ0n) is 38.9. The fourth-order valence-corrected chi connectivity index (χ4v) is 9.35. The van der Waals surface area contributed by atoms with E-state index in [0.717, 1.165) is 73.2 Å². The molecule has 10 rings (SSSR count). The molecule has 0 bridgehead atoms. The summed E-state index contributed by atoms with van der Waals surface area (Å²) in [4.78, 5) is 61.9. The molecule has 0 aliphatic heterocycles. The van der Waals surface area contributed by atoms with Crippen LogP contribution in [0.2, 0.25) is 0 Å². The molecule has 2 N–H and O–H groups in total. The SMILES string of the molecule is COc1cc2nn(C3CCC(N(C)C(C)=O)CC3)cc2cc1C(=O)Nc1cnn2cccnc12.COc1cc2nn(C3CCC(N(C)C(C)=O)CC3)cc2cc1C(=O)Nc1cnn2cccnc12. The average molecular weight is 923 g/mol. The second kappa shape index (κ2) is 19.1. The molecule has 8 aromatic rings. The van der Waals surface area contributed by atoms with E-state index in [1.807, 2.05) is 45.7 Å². The Balaban J connectivity index is 0.000000170. The highest BCUT2D eigenvalue weighted by Crippen LogP contribution is 2.35. The second-order valence-electron chi connectivity index (χ2n) is 17.4. The number of benzene rings is 2. The predicted octanol–water partition coefficient (Wildman–Crippen LogP) is 6.60. The first-order valence-electron chi connectivity index (χ1n) is 22.7. The van der Waals surface area contributed by atoms with E-state index >= 15 is 0 Å². The van der Waals surface area contributed by atoms with Crippen LogP contribution in [-0.4, -0.2) is 123 Å². The highest BCUT2D eigenvalue weighted by Gasteiger charge is 2.29. The lowest BCUT2D eigenvalue weighted by Gasteiger charge is -2.34. The highest BCUT2D eigenvalue weighted by atomic mass is 16.5. The Kier molecular flexibility index (Phi) is 12.7. The molecule has 2 saturated carbocycles. The normalized spacial score (nSPS) is 18.2. The van der Waals surface area contributed by atoms with Crippen molar-refractivity contribution >= 4 is 68.1 Å². The first-order valence-corrected chi connectivity index (χ1v) is 22.7. The Morgan fingerprint density at radius 1 is 0.603 bits per heavy atom. The van der Waals surface area contributed by atoms with Gasteiger partial charge in [0.15, 0.2) is 11.3 Å². The van der Waals surface area contributed by atoms with Crippen LogP contribution in [0.3, 0.4) is 0 Å². The summed E-state index contributed by atoms with van der Waals surface area (Å²) >= 11 is 0. The smallest absolute Gasteiger partial charge is 0.259 e. The molecule has 0 unspecified atom stereocenters. The maximum Gasteiger partial charge on any atom is 0.259 e. The van der Waals surface area contributed by atoms with E-state index in [2.05, 4.69) is 30.8 Å². The third-order valence-corrected chi connectivity index (χ3v) is 13.4. The maximum atomic E-state index is 13.1. The molecule has 2 aromatic carbocycles. The monoisotopic (exact) mass is 922 g/mol. The Labute approximate surface area is 391 Å². The molecule has 6 aromatic heterocycles. The summed E-state index contributed by atoms with van der Waals surface area (Å²) in [5.74, 6) is 0.495. The van der Waals surface area contributed by atoms with Crippen LogP contribution in [0, 0.1) is 0 Å². The minimum atomic E-state index is -0.306. The van der Waals surface area contributed by atoms with Gasteiger partial charge in [-0.1, -0.05) is 0 Å². The quantitative estimate of drug-likeness (QED) is 0.148. The van der Waals surface area contributed by atoms with Crippen LogP contribution in [0.25, 0.3) is 33.1 Å². The van der Waals surface area contributed by atoms with Crippen molar-refractivity contribution in [3.05, 3.63) is 97.1 Å². The first-order chi connectivity index (χ1) is 32.9. The lowest BCUT2D eigenvalue weighted by molar-refractivity contribution is -0.131. The molecular formula is C48H54N14O6. The van der Waals surface area contributed by atoms with Crippen molar-refractivity contribution in [2.75, 3.05) is 38.9 Å². The summed E-state index contributed by atoms with van der Waals surface area (Å²) in [5, 5.41) is 25.5. The molecule has 0 radical (unpaired) electrons. The number of ether oxygens (including phenoxy) is 2. The number of methoxy groups -OCH3 is 2. The average Bonchev–Trinajstić information content (AvgIpc) is 4.18. The third kappa shape index (κ3) is 9.12. The number of hydrogen-bond acceptors (Lipinski definition) is 12. The van der Waals surface area contributed by atoms with Gasteiger partial charge < -0.3 is 29.9 Å². The number of carbonyl (C=O) groups is 4. The summed E-state index contributed by atoms with van der Waals surface area (Å²) in [6.07, 6.45) is 21.5. The zero-order chi connectivity index (χ0) is 47.6. The van der Waals surface area contributed by atoms with Crippen molar-refractivity contribution in [2.45, 2.75) is 89.4 Å². The standard InChI is InChI=1S/2C24H27N7O3/c2*1-15(32)29(2)17-5-7-18(8-6-17)31-14-16-11-19(22(34-3)12-20(16)28-31)24(33)27-21-13-26-30-10-4-9-25-23(21)30/h2*4,9-14,17-18H,5-8H2,1-3H3,(H,27,33). The van der Waals surface area contributed by atoms with Crippen LogP contribution >= 0.6 is 0 Å². The lowest BCUT2D eigenvalue weighted by Crippen LogP contribution is -2.38. The Bertz CT molecular complexity index is 2950. The lowest BCUT2D eigenvalue weighted by atomic mass is 9.90. The minimum absolute atomic E-state index is 0.103. The van der Waals surface area contributed by atoms with Crippen molar-refractivity contribution < 1.29 is 28.7 Å². The van der Waals surface area contributed by atoms with E-state index in [4.69, 9.17) is 19.7 Å². The summed E-state index contributed by atoms with van der Waals surface area (Å²) in [5.41, 5.74) is 4.55. The molecule has 2 aliphatic carbocycles. The van der Waals surface area contributed by atoms with Gasteiger partial charge in [0.1, 0.15) is 22.9 Å². The van der Waals surface area contributed by atoms with Crippen molar-refractivity contribution in [1.82, 2.24) is 58.6 Å². The van der Waals surface area contributed by atoms with Gasteiger partial charge >= 0.3 is 0 Å². The maximum absolute atomic E-state index is 13.1. The number of anilines is 2. The summed E-state index contributed by atoms with van der Waals surface area (Å²) in [6.45, 7) is 3.22. The molecule has 20 nitrogen and oxygen atoms in total. The molecule has 6 heterocycles.